The van der Waals surface area contributed by atoms with Crippen LogP contribution in [0.1, 0.15) is 5.69 Å². The summed E-state index contributed by atoms with van der Waals surface area (Å²) in [6.07, 6.45) is 0.0584. The van der Waals surface area contributed by atoms with Crippen molar-refractivity contribution in [2.24, 2.45) is 0 Å². The first-order valence-corrected chi connectivity index (χ1v) is 5.83. The maximum Gasteiger partial charge on any atom is 0.325 e. The molecule has 0 bridgehead atoms. The van der Waals surface area contributed by atoms with Crippen LogP contribution in [0.2, 0.25) is 0 Å². The van der Waals surface area contributed by atoms with E-state index in [-0.39, 0.29) is 12.3 Å². The molecule has 0 aliphatic carbocycles. The molecule has 7 heteroatoms. The third-order valence-electron chi connectivity index (χ3n) is 3.01. The van der Waals surface area contributed by atoms with Gasteiger partial charge in [-0.05, 0) is 7.05 Å². The number of aromatic amines is 2. The van der Waals surface area contributed by atoms with E-state index in [9.17, 15) is 14.4 Å². The molecular formula is C11H16N4O3. The highest BCUT2D eigenvalue weighted by atomic mass is 16.2. The maximum absolute atomic E-state index is 12.0. The number of nitrogens with one attached hydrogen (secondary N) is 2. The molecule has 7 nitrogen and oxygen atoms in total. The zero-order chi connectivity index (χ0) is 13.1. The molecule has 1 aliphatic rings. The van der Waals surface area contributed by atoms with Gasteiger partial charge in [-0.25, -0.2) is 4.79 Å². The van der Waals surface area contributed by atoms with Crippen LogP contribution in [0.25, 0.3) is 0 Å². The van der Waals surface area contributed by atoms with E-state index >= 15 is 0 Å². The van der Waals surface area contributed by atoms with Crippen molar-refractivity contribution in [2.45, 2.75) is 6.42 Å². The monoisotopic (exact) mass is 252 g/mol. The van der Waals surface area contributed by atoms with E-state index in [1.165, 1.54) is 6.07 Å². The average Bonchev–Trinajstić information content (AvgIpc) is 2.28. The average molecular weight is 252 g/mol. The summed E-state index contributed by atoms with van der Waals surface area (Å²) >= 11 is 0. The molecule has 1 saturated heterocycles. The Morgan fingerprint density at radius 2 is 1.89 bits per heavy atom. The summed E-state index contributed by atoms with van der Waals surface area (Å²) in [5.41, 5.74) is -0.712. The van der Waals surface area contributed by atoms with Crippen molar-refractivity contribution >= 4 is 5.91 Å². The quantitative estimate of drug-likeness (QED) is 0.662. The zero-order valence-corrected chi connectivity index (χ0v) is 10.2. The second-order valence-corrected chi connectivity index (χ2v) is 4.47. The van der Waals surface area contributed by atoms with Gasteiger partial charge in [0.25, 0.3) is 5.56 Å². The van der Waals surface area contributed by atoms with Crippen LogP contribution in [0.15, 0.2) is 15.7 Å². The molecule has 18 heavy (non-hydrogen) atoms. The minimum atomic E-state index is -0.580. The van der Waals surface area contributed by atoms with Gasteiger partial charge in [0.05, 0.1) is 6.42 Å². The van der Waals surface area contributed by atoms with E-state index in [2.05, 4.69) is 14.9 Å². The van der Waals surface area contributed by atoms with Crippen LogP contribution in [-0.4, -0.2) is 58.9 Å². The Bertz CT molecular complexity index is 511. The van der Waals surface area contributed by atoms with Crippen molar-refractivity contribution in [3.05, 3.63) is 32.6 Å². The van der Waals surface area contributed by atoms with Crippen LogP contribution in [-0.2, 0) is 11.2 Å². The lowest BCUT2D eigenvalue weighted by molar-refractivity contribution is -0.132. The lowest BCUT2D eigenvalue weighted by Gasteiger charge is -2.32. The predicted molar refractivity (Wildman–Crippen MR) is 65.5 cm³/mol. The fourth-order valence-corrected chi connectivity index (χ4v) is 1.95. The van der Waals surface area contributed by atoms with Gasteiger partial charge in [-0.15, -0.1) is 0 Å². The standard InChI is InChI=1S/C11H16N4O3/c1-14-2-4-15(5-3-14)10(17)7-8-6-9(16)13-11(18)12-8/h6H,2-5,7H2,1H3,(H2,12,13,16,18). The highest BCUT2D eigenvalue weighted by Crippen LogP contribution is 2.02. The van der Waals surface area contributed by atoms with Gasteiger partial charge in [-0.1, -0.05) is 0 Å². The van der Waals surface area contributed by atoms with E-state index in [1.54, 1.807) is 4.90 Å². The fourth-order valence-electron chi connectivity index (χ4n) is 1.95. The molecule has 2 N–H and O–H groups in total. The highest BCUT2D eigenvalue weighted by molar-refractivity contribution is 5.78. The number of hydrogen-bond acceptors (Lipinski definition) is 4. The fraction of sp³-hybridized carbons (Fsp3) is 0.545. The number of carbonyl (C=O) groups is 1. The SMILES string of the molecule is CN1CCN(C(=O)Cc2cc(=O)[nH]c(=O)[nH]2)CC1. The largest absolute Gasteiger partial charge is 0.340 e. The molecule has 1 amide bonds. The molecular weight excluding hydrogens is 236 g/mol. The van der Waals surface area contributed by atoms with Crippen LogP contribution in [0.4, 0.5) is 0 Å². The van der Waals surface area contributed by atoms with Gasteiger partial charge in [0.1, 0.15) is 0 Å². The molecule has 0 atom stereocenters. The van der Waals surface area contributed by atoms with Crippen molar-refractivity contribution in [2.75, 3.05) is 33.2 Å². The molecule has 2 heterocycles. The summed E-state index contributed by atoms with van der Waals surface area (Å²) in [6.45, 7) is 3.06. The normalized spacial score (nSPS) is 16.8. The number of likely N-dealkylation sites (N-methyl/N-ethyl adjacent to an activating group) is 1. The van der Waals surface area contributed by atoms with E-state index in [0.29, 0.717) is 18.8 Å². The molecule has 1 aromatic heterocycles. The minimum absolute atomic E-state index is 0.0584. The third kappa shape index (κ3) is 3.07. The Kier molecular flexibility index (Phi) is 3.61. The Hall–Kier alpha value is -1.89. The number of nitrogens with zero attached hydrogens (tertiary/aromatic N) is 2. The lowest BCUT2D eigenvalue weighted by Crippen LogP contribution is -2.47. The lowest BCUT2D eigenvalue weighted by atomic mass is 10.2. The molecule has 1 aromatic rings. The van der Waals surface area contributed by atoms with E-state index in [4.69, 9.17) is 0 Å². The summed E-state index contributed by atoms with van der Waals surface area (Å²) in [7, 11) is 2.01. The number of H-pyrrole nitrogens is 2. The van der Waals surface area contributed by atoms with Gasteiger partial charge < -0.3 is 14.8 Å². The number of carbonyl (C=O) groups excluding carboxylic acids is 1. The molecule has 98 valence electrons. The maximum atomic E-state index is 12.0. The van der Waals surface area contributed by atoms with E-state index in [1.807, 2.05) is 7.05 Å². The molecule has 1 aliphatic heterocycles. The molecule has 0 radical (unpaired) electrons. The highest BCUT2D eigenvalue weighted by Gasteiger charge is 2.19. The van der Waals surface area contributed by atoms with Crippen molar-refractivity contribution in [3.63, 3.8) is 0 Å². The molecule has 2 rings (SSSR count). The molecule has 0 spiro atoms. The minimum Gasteiger partial charge on any atom is -0.340 e. The number of hydrogen-bond donors (Lipinski definition) is 2. The van der Waals surface area contributed by atoms with Gasteiger partial charge in [0.15, 0.2) is 0 Å². The zero-order valence-electron chi connectivity index (χ0n) is 10.2. The van der Waals surface area contributed by atoms with E-state index < -0.39 is 11.2 Å². The Balaban J connectivity index is 2.03. The predicted octanol–water partition coefficient (Wildman–Crippen LogP) is -1.62. The Morgan fingerprint density at radius 3 is 2.50 bits per heavy atom. The van der Waals surface area contributed by atoms with Crippen LogP contribution < -0.4 is 11.2 Å². The number of rotatable bonds is 2. The summed E-state index contributed by atoms with van der Waals surface area (Å²) in [6, 6.07) is 1.25. The van der Waals surface area contributed by atoms with Gasteiger partial charge in [0.2, 0.25) is 5.91 Å². The first-order chi connectivity index (χ1) is 8.54. The van der Waals surface area contributed by atoms with Gasteiger partial charge in [0, 0.05) is 37.9 Å². The smallest absolute Gasteiger partial charge is 0.325 e. The molecule has 0 saturated carbocycles. The summed E-state index contributed by atoms with van der Waals surface area (Å²) in [5, 5.41) is 0. The van der Waals surface area contributed by atoms with Gasteiger partial charge in [-0.3, -0.25) is 14.6 Å². The first-order valence-electron chi connectivity index (χ1n) is 5.83. The number of aromatic nitrogens is 2. The van der Waals surface area contributed by atoms with Crippen LogP contribution in [0, 0.1) is 0 Å². The van der Waals surface area contributed by atoms with Gasteiger partial charge in [-0.2, -0.15) is 0 Å². The summed E-state index contributed by atoms with van der Waals surface area (Å²) < 4.78 is 0. The van der Waals surface area contributed by atoms with Crippen molar-refractivity contribution in [1.29, 1.82) is 0 Å². The number of piperazine rings is 1. The van der Waals surface area contributed by atoms with Crippen LogP contribution in [0.5, 0.6) is 0 Å². The third-order valence-corrected chi connectivity index (χ3v) is 3.01. The van der Waals surface area contributed by atoms with Crippen molar-refractivity contribution in [1.82, 2.24) is 19.8 Å². The molecule has 0 aromatic carbocycles. The second kappa shape index (κ2) is 5.18. The molecule has 0 unspecified atom stereocenters. The summed E-state index contributed by atoms with van der Waals surface area (Å²) in [4.78, 5) is 42.6. The van der Waals surface area contributed by atoms with Gasteiger partial charge >= 0.3 is 5.69 Å². The van der Waals surface area contributed by atoms with Crippen LogP contribution in [0.3, 0.4) is 0 Å². The Morgan fingerprint density at radius 1 is 1.22 bits per heavy atom. The second-order valence-electron chi connectivity index (χ2n) is 4.47. The van der Waals surface area contributed by atoms with Crippen molar-refractivity contribution in [3.8, 4) is 0 Å². The summed E-state index contributed by atoms with van der Waals surface area (Å²) in [5.74, 6) is -0.0654. The van der Waals surface area contributed by atoms with Crippen LogP contribution >= 0.6 is 0 Å². The number of amides is 1. The Labute approximate surface area is 103 Å². The first kappa shape index (κ1) is 12.6. The molecule has 1 fully saturated rings. The van der Waals surface area contributed by atoms with E-state index in [0.717, 1.165) is 13.1 Å². The topological polar surface area (TPSA) is 89.3 Å². The van der Waals surface area contributed by atoms with Crippen molar-refractivity contribution < 1.29 is 4.79 Å².